The van der Waals surface area contributed by atoms with Gasteiger partial charge in [0.2, 0.25) is 0 Å². The van der Waals surface area contributed by atoms with Crippen LogP contribution in [-0.2, 0) is 4.79 Å². The molecule has 0 unspecified atom stereocenters. The van der Waals surface area contributed by atoms with Crippen LogP contribution in [0.1, 0.15) is 22.3 Å². The molecule has 0 saturated carbocycles. The van der Waals surface area contributed by atoms with Crippen LogP contribution in [0.15, 0.2) is 34.8 Å². The molecule has 1 N–H and O–H groups in total. The molecule has 0 spiro atoms. The Hall–Kier alpha value is -1.81. The number of halogens is 1. The fourth-order valence-electron chi connectivity index (χ4n) is 2.41. The number of amides is 1. The summed E-state index contributed by atoms with van der Waals surface area (Å²) in [5.41, 5.74) is 5.25. The normalized spacial score (nSPS) is 10.4. The number of benzene rings is 2. The zero-order valence-corrected chi connectivity index (χ0v) is 14.9. The van der Waals surface area contributed by atoms with Gasteiger partial charge in [-0.05, 0) is 62.6 Å². The zero-order chi connectivity index (χ0) is 16.3. The summed E-state index contributed by atoms with van der Waals surface area (Å²) >= 11 is 3.44. The van der Waals surface area contributed by atoms with Crippen molar-refractivity contribution in [1.29, 1.82) is 0 Å². The summed E-state index contributed by atoms with van der Waals surface area (Å²) in [7, 11) is 0. The summed E-state index contributed by atoms with van der Waals surface area (Å²) in [6.07, 6.45) is 0. The number of aryl methyl sites for hydroxylation is 4. The van der Waals surface area contributed by atoms with Gasteiger partial charge in [-0.25, -0.2) is 0 Å². The second-order valence-corrected chi connectivity index (χ2v) is 6.38. The molecular formula is C18H20BrNO2. The van der Waals surface area contributed by atoms with Crippen LogP contribution in [0.3, 0.4) is 0 Å². The maximum Gasteiger partial charge on any atom is 0.262 e. The van der Waals surface area contributed by atoms with Crippen molar-refractivity contribution in [3.8, 4) is 5.75 Å². The van der Waals surface area contributed by atoms with Gasteiger partial charge in [-0.15, -0.1) is 0 Å². The van der Waals surface area contributed by atoms with Gasteiger partial charge in [0.05, 0.1) is 0 Å². The van der Waals surface area contributed by atoms with E-state index >= 15 is 0 Å². The van der Waals surface area contributed by atoms with Crippen LogP contribution < -0.4 is 10.1 Å². The highest BCUT2D eigenvalue weighted by atomic mass is 79.9. The first-order valence-corrected chi connectivity index (χ1v) is 7.93. The molecule has 0 saturated heterocycles. The second-order valence-electron chi connectivity index (χ2n) is 5.52. The minimum absolute atomic E-state index is 0.00612. The molecule has 0 aromatic heterocycles. The first-order valence-electron chi connectivity index (χ1n) is 7.13. The molecule has 1 amide bonds. The van der Waals surface area contributed by atoms with Gasteiger partial charge in [0.1, 0.15) is 5.75 Å². The predicted molar refractivity (Wildman–Crippen MR) is 93.7 cm³/mol. The Kier molecular flexibility index (Phi) is 5.24. The Morgan fingerprint density at radius 2 is 1.68 bits per heavy atom. The molecule has 0 heterocycles. The highest BCUT2D eigenvalue weighted by Gasteiger charge is 2.09. The SMILES string of the molecule is Cc1cc(C)c(NC(=O)COc2ccc(Br)c(C)c2)c(C)c1. The van der Waals surface area contributed by atoms with E-state index in [0.717, 1.165) is 26.9 Å². The molecule has 2 aromatic carbocycles. The molecule has 2 rings (SSSR count). The summed E-state index contributed by atoms with van der Waals surface area (Å²) < 4.78 is 6.57. The number of carbonyl (C=O) groups is 1. The number of ether oxygens (including phenoxy) is 1. The lowest BCUT2D eigenvalue weighted by Gasteiger charge is -2.13. The fraction of sp³-hybridized carbons (Fsp3) is 0.278. The molecule has 0 atom stereocenters. The van der Waals surface area contributed by atoms with E-state index in [1.54, 1.807) is 0 Å². The Bertz CT molecular complexity index is 687. The van der Waals surface area contributed by atoms with Gasteiger partial charge >= 0.3 is 0 Å². The van der Waals surface area contributed by atoms with E-state index in [1.807, 2.05) is 45.9 Å². The highest BCUT2D eigenvalue weighted by molar-refractivity contribution is 9.10. The number of hydrogen-bond donors (Lipinski definition) is 1. The second kappa shape index (κ2) is 6.97. The van der Waals surface area contributed by atoms with Crippen molar-refractivity contribution in [2.75, 3.05) is 11.9 Å². The van der Waals surface area contributed by atoms with Crippen molar-refractivity contribution in [1.82, 2.24) is 0 Å². The zero-order valence-electron chi connectivity index (χ0n) is 13.3. The largest absolute Gasteiger partial charge is 0.484 e. The van der Waals surface area contributed by atoms with Crippen LogP contribution in [0.2, 0.25) is 0 Å². The van der Waals surface area contributed by atoms with Gasteiger partial charge in [0, 0.05) is 10.2 Å². The summed E-state index contributed by atoms with van der Waals surface area (Å²) in [6.45, 7) is 8.01. The third-order valence-electron chi connectivity index (χ3n) is 3.44. The highest BCUT2D eigenvalue weighted by Crippen LogP contribution is 2.23. The van der Waals surface area contributed by atoms with E-state index in [2.05, 4.69) is 33.4 Å². The minimum atomic E-state index is -0.157. The molecule has 0 aliphatic rings. The van der Waals surface area contributed by atoms with Gasteiger partial charge in [-0.3, -0.25) is 4.79 Å². The number of carbonyl (C=O) groups excluding carboxylic acids is 1. The molecule has 116 valence electrons. The smallest absolute Gasteiger partial charge is 0.262 e. The van der Waals surface area contributed by atoms with Crippen LogP contribution in [0.25, 0.3) is 0 Å². The van der Waals surface area contributed by atoms with Gasteiger partial charge in [0.25, 0.3) is 5.91 Å². The number of hydrogen-bond acceptors (Lipinski definition) is 2. The molecule has 2 aromatic rings. The Balaban J connectivity index is 2.00. The average molecular weight is 362 g/mol. The summed E-state index contributed by atoms with van der Waals surface area (Å²) in [6, 6.07) is 9.77. The molecule has 0 aliphatic carbocycles. The average Bonchev–Trinajstić information content (AvgIpc) is 2.44. The van der Waals surface area contributed by atoms with E-state index in [0.29, 0.717) is 5.75 Å². The molecule has 3 nitrogen and oxygen atoms in total. The van der Waals surface area contributed by atoms with Crippen molar-refractivity contribution in [3.63, 3.8) is 0 Å². The quantitative estimate of drug-likeness (QED) is 0.856. The Morgan fingerprint density at radius 3 is 2.27 bits per heavy atom. The van der Waals surface area contributed by atoms with Gasteiger partial charge in [-0.1, -0.05) is 33.6 Å². The molecule has 0 bridgehead atoms. The Labute approximate surface area is 139 Å². The molecule has 0 aliphatic heterocycles. The van der Waals surface area contributed by atoms with E-state index in [1.165, 1.54) is 5.56 Å². The van der Waals surface area contributed by atoms with Gasteiger partial charge < -0.3 is 10.1 Å². The maximum atomic E-state index is 12.1. The van der Waals surface area contributed by atoms with E-state index in [9.17, 15) is 4.79 Å². The van der Waals surface area contributed by atoms with Crippen LogP contribution in [-0.4, -0.2) is 12.5 Å². The molecule has 4 heteroatoms. The van der Waals surface area contributed by atoms with Crippen LogP contribution >= 0.6 is 15.9 Å². The maximum absolute atomic E-state index is 12.1. The van der Waals surface area contributed by atoms with Crippen LogP contribution in [0.5, 0.6) is 5.75 Å². The van der Waals surface area contributed by atoms with Crippen molar-refractivity contribution in [2.45, 2.75) is 27.7 Å². The van der Waals surface area contributed by atoms with Gasteiger partial charge in [0.15, 0.2) is 6.61 Å². The first-order chi connectivity index (χ1) is 10.4. The molecular weight excluding hydrogens is 342 g/mol. The monoisotopic (exact) mass is 361 g/mol. The van der Waals surface area contributed by atoms with E-state index < -0.39 is 0 Å². The lowest BCUT2D eigenvalue weighted by Crippen LogP contribution is -2.21. The summed E-state index contributed by atoms with van der Waals surface area (Å²) in [4.78, 5) is 12.1. The Morgan fingerprint density at radius 1 is 1.05 bits per heavy atom. The lowest BCUT2D eigenvalue weighted by molar-refractivity contribution is -0.118. The van der Waals surface area contributed by atoms with Gasteiger partial charge in [-0.2, -0.15) is 0 Å². The van der Waals surface area contributed by atoms with Crippen molar-refractivity contribution < 1.29 is 9.53 Å². The molecule has 0 fully saturated rings. The van der Waals surface area contributed by atoms with E-state index in [-0.39, 0.29) is 12.5 Å². The molecule has 22 heavy (non-hydrogen) atoms. The third kappa shape index (κ3) is 4.10. The van der Waals surface area contributed by atoms with Crippen molar-refractivity contribution >= 4 is 27.5 Å². The van der Waals surface area contributed by atoms with E-state index in [4.69, 9.17) is 4.74 Å². The van der Waals surface area contributed by atoms with Crippen LogP contribution in [0, 0.1) is 27.7 Å². The van der Waals surface area contributed by atoms with Crippen molar-refractivity contribution in [2.24, 2.45) is 0 Å². The number of anilines is 1. The predicted octanol–water partition coefficient (Wildman–Crippen LogP) is 4.70. The fourth-order valence-corrected chi connectivity index (χ4v) is 2.66. The van der Waals surface area contributed by atoms with Crippen molar-refractivity contribution in [3.05, 3.63) is 57.1 Å². The first kappa shape index (κ1) is 16.6. The standard InChI is InChI=1S/C18H20BrNO2/c1-11-7-13(3)18(14(4)8-11)20-17(21)10-22-15-5-6-16(19)12(2)9-15/h5-9H,10H2,1-4H3,(H,20,21). The number of rotatable bonds is 4. The topological polar surface area (TPSA) is 38.3 Å². The van der Waals surface area contributed by atoms with Crippen LogP contribution in [0.4, 0.5) is 5.69 Å². The summed E-state index contributed by atoms with van der Waals surface area (Å²) in [5, 5.41) is 2.93. The minimum Gasteiger partial charge on any atom is -0.484 e. The summed E-state index contributed by atoms with van der Waals surface area (Å²) in [5.74, 6) is 0.531. The third-order valence-corrected chi connectivity index (χ3v) is 4.33. The molecule has 0 radical (unpaired) electrons. The lowest BCUT2D eigenvalue weighted by atomic mass is 10.1. The number of nitrogens with one attached hydrogen (secondary N) is 1.